The highest BCUT2D eigenvalue weighted by molar-refractivity contribution is 5.81. The van der Waals surface area contributed by atoms with Crippen LogP contribution in [0.1, 0.15) is 19.2 Å². The maximum atomic E-state index is 5.74. The van der Waals surface area contributed by atoms with Crippen molar-refractivity contribution in [1.29, 1.82) is 0 Å². The van der Waals surface area contributed by atoms with Crippen molar-refractivity contribution in [1.82, 2.24) is 10.3 Å². The van der Waals surface area contributed by atoms with Crippen molar-refractivity contribution in [2.75, 3.05) is 6.54 Å². The summed E-state index contributed by atoms with van der Waals surface area (Å²) in [6, 6.07) is 9.87. The lowest BCUT2D eigenvalue weighted by atomic mass is 10.2. The number of oxazole rings is 1. The number of para-hydroxylation sites is 1. The van der Waals surface area contributed by atoms with Crippen LogP contribution >= 0.6 is 0 Å². The van der Waals surface area contributed by atoms with Crippen LogP contribution in [-0.4, -0.2) is 11.5 Å². The van der Waals surface area contributed by atoms with E-state index in [0.717, 1.165) is 29.7 Å². The molecule has 0 aliphatic rings. The van der Waals surface area contributed by atoms with Crippen molar-refractivity contribution < 1.29 is 8.83 Å². The van der Waals surface area contributed by atoms with E-state index in [1.807, 2.05) is 30.3 Å². The SMILES string of the molecule is CCCNCc1ncc(-c2cc3ccccc3o2)o1. The Hall–Kier alpha value is -2.07. The fraction of sp³-hybridized carbons (Fsp3) is 0.267. The maximum absolute atomic E-state index is 5.74. The van der Waals surface area contributed by atoms with Crippen LogP contribution < -0.4 is 5.32 Å². The first-order chi connectivity index (χ1) is 9.36. The fourth-order valence-electron chi connectivity index (χ4n) is 1.98. The molecule has 0 aliphatic carbocycles. The average molecular weight is 256 g/mol. The summed E-state index contributed by atoms with van der Waals surface area (Å²) in [7, 11) is 0. The Morgan fingerprint density at radius 1 is 1.16 bits per heavy atom. The Morgan fingerprint density at radius 3 is 2.89 bits per heavy atom. The Balaban J connectivity index is 1.81. The Bertz CT molecular complexity index is 636. The van der Waals surface area contributed by atoms with E-state index in [9.17, 15) is 0 Å². The van der Waals surface area contributed by atoms with Crippen molar-refractivity contribution in [2.24, 2.45) is 0 Å². The number of fused-ring (bicyclic) bond motifs is 1. The molecule has 0 aliphatic heterocycles. The van der Waals surface area contributed by atoms with Gasteiger partial charge in [-0.1, -0.05) is 25.1 Å². The molecule has 0 bridgehead atoms. The molecule has 3 rings (SSSR count). The first-order valence-electron chi connectivity index (χ1n) is 6.51. The van der Waals surface area contributed by atoms with Crippen molar-refractivity contribution in [2.45, 2.75) is 19.9 Å². The molecule has 19 heavy (non-hydrogen) atoms. The molecule has 0 atom stereocenters. The molecular weight excluding hydrogens is 240 g/mol. The molecular formula is C15H16N2O2. The summed E-state index contributed by atoms with van der Waals surface area (Å²) < 4.78 is 11.4. The summed E-state index contributed by atoms with van der Waals surface area (Å²) in [4.78, 5) is 4.25. The molecule has 0 spiro atoms. The number of nitrogens with zero attached hydrogens (tertiary/aromatic N) is 1. The fourth-order valence-corrected chi connectivity index (χ4v) is 1.98. The number of nitrogens with one attached hydrogen (secondary N) is 1. The van der Waals surface area contributed by atoms with Gasteiger partial charge in [-0.15, -0.1) is 0 Å². The molecule has 0 unspecified atom stereocenters. The van der Waals surface area contributed by atoms with Crippen LogP contribution in [0.5, 0.6) is 0 Å². The van der Waals surface area contributed by atoms with Crippen molar-refractivity contribution in [3.05, 3.63) is 42.4 Å². The van der Waals surface area contributed by atoms with Gasteiger partial charge in [0.05, 0.1) is 12.7 Å². The molecule has 2 heterocycles. The van der Waals surface area contributed by atoms with Crippen molar-refractivity contribution >= 4 is 11.0 Å². The monoisotopic (exact) mass is 256 g/mol. The summed E-state index contributed by atoms with van der Waals surface area (Å²) in [6.07, 6.45) is 2.80. The highest BCUT2D eigenvalue weighted by Crippen LogP contribution is 2.27. The Labute approximate surface area is 111 Å². The molecule has 4 nitrogen and oxygen atoms in total. The molecule has 0 amide bonds. The first-order valence-corrected chi connectivity index (χ1v) is 6.51. The minimum Gasteiger partial charge on any atom is -0.453 e. The number of benzene rings is 1. The van der Waals surface area contributed by atoms with Gasteiger partial charge in [0.2, 0.25) is 5.89 Å². The van der Waals surface area contributed by atoms with E-state index in [4.69, 9.17) is 8.83 Å². The number of hydrogen-bond donors (Lipinski definition) is 1. The van der Waals surface area contributed by atoms with Crippen LogP contribution in [0, 0.1) is 0 Å². The van der Waals surface area contributed by atoms with Crippen LogP contribution in [0.2, 0.25) is 0 Å². The van der Waals surface area contributed by atoms with Gasteiger partial charge < -0.3 is 14.2 Å². The molecule has 3 aromatic rings. The average Bonchev–Trinajstić information content (AvgIpc) is 3.04. The minimum absolute atomic E-state index is 0.647. The number of hydrogen-bond acceptors (Lipinski definition) is 4. The molecule has 0 fully saturated rings. The third-order valence-corrected chi connectivity index (χ3v) is 2.92. The van der Waals surface area contributed by atoms with Gasteiger partial charge >= 0.3 is 0 Å². The predicted octanol–water partition coefficient (Wildman–Crippen LogP) is 3.59. The van der Waals surface area contributed by atoms with E-state index in [-0.39, 0.29) is 0 Å². The van der Waals surface area contributed by atoms with Gasteiger partial charge in [-0.25, -0.2) is 4.98 Å². The number of aromatic nitrogens is 1. The van der Waals surface area contributed by atoms with Crippen LogP contribution in [0.3, 0.4) is 0 Å². The second kappa shape index (κ2) is 5.28. The van der Waals surface area contributed by atoms with E-state index in [1.54, 1.807) is 6.20 Å². The van der Waals surface area contributed by atoms with E-state index < -0.39 is 0 Å². The highest BCUT2D eigenvalue weighted by Gasteiger charge is 2.11. The lowest BCUT2D eigenvalue weighted by Crippen LogP contribution is -2.13. The van der Waals surface area contributed by atoms with Crippen LogP contribution in [-0.2, 0) is 6.54 Å². The van der Waals surface area contributed by atoms with E-state index >= 15 is 0 Å². The summed E-state index contributed by atoms with van der Waals surface area (Å²) >= 11 is 0. The maximum Gasteiger partial charge on any atom is 0.209 e. The molecule has 2 aromatic heterocycles. The van der Waals surface area contributed by atoms with Crippen LogP contribution in [0.25, 0.3) is 22.5 Å². The number of furan rings is 1. The van der Waals surface area contributed by atoms with Gasteiger partial charge in [0.25, 0.3) is 0 Å². The van der Waals surface area contributed by atoms with Crippen LogP contribution in [0.4, 0.5) is 0 Å². The molecule has 4 heteroatoms. The third-order valence-electron chi connectivity index (χ3n) is 2.92. The lowest BCUT2D eigenvalue weighted by molar-refractivity contribution is 0.466. The van der Waals surface area contributed by atoms with E-state index in [1.165, 1.54) is 0 Å². The summed E-state index contributed by atoms with van der Waals surface area (Å²) in [6.45, 7) is 3.73. The highest BCUT2D eigenvalue weighted by atomic mass is 16.4. The molecule has 1 N–H and O–H groups in total. The molecule has 1 aromatic carbocycles. The molecule has 98 valence electrons. The zero-order valence-electron chi connectivity index (χ0n) is 10.8. The van der Waals surface area contributed by atoms with Gasteiger partial charge in [0, 0.05) is 5.39 Å². The van der Waals surface area contributed by atoms with Gasteiger partial charge in [-0.2, -0.15) is 0 Å². The van der Waals surface area contributed by atoms with Crippen molar-refractivity contribution in [3.63, 3.8) is 0 Å². The summed E-state index contributed by atoms with van der Waals surface area (Å²) in [5, 5.41) is 4.32. The third kappa shape index (κ3) is 2.53. The quantitative estimate of drug-likeness (QED) is 0.709. The second-order valence-electron chi connectivity index (χ2n) is 4.44. The van der Waals surface area contributed by atoms with Gasteiger partial charge in [0.15, 0.2) is 11.5 Å². The summed E-state index contributed by atoms with van der Waals surface area (Å²) in [5.74, 6) is 2.07. The zero-order chi connectivity index (χ0) is 13.1. The topological polar surface area (TPSA) is 51.2 Å². The van der Waals surface area contributed by atoms with Crippen LogP contribution in [0.15, 0.2) is 45.4 Å². The molecule has 0 radical (unpaired) electrons. The van der Waals surface area contributed by atoms with Crippen molar-refractivity contribution in [3.8, 4) is 11.5 Å². The minimum atomic E-state index is 0.647. The first kappa shape index (κ1) is 12.0. The van der Waals surface area contributed by atoms with Gasteiger partial charge in [0.1, 0.15) is 5.58 Å². The standard InChI is InChI=1S/C15H16N2O2/c1-2-7-16-10-15-17-9-14(19-15)13-8-11-5-3-4-6-12(11)18-13/h3-6,8-9,16H,2,7,10H2,1H3. The Morgan fingerprint density at radius 2 is 2.05 bits per heavy atom. The van der Waals surface area contributed by atoms with Gasteiger partial charge in [-0.3, -0.25) is 0 Å². The smallest absolute Gasteiger partial charge is 0.209 e. The predicted molar refractivity (Wildman–Crippen MR) is 73.7 cm³/mol. The van der Waals surface area contributed by atoms with E-state index in [2.05, 4.69) is 17.2 Å². The molecule has 0 saturated carbocycles. The molecule has 0 saturated heterocycles. The Kier molecular flexibility index (Phi) is 3.33. The van der Waals surface area contributed by atoms with Gasteiger partial charge in [-0.05, 0) is 25.1 Å². The second-order valence-corrected chi connectivity index (χ2v) is 4.44. The zero-order valence-corrected chi connectivity index (χ0v) is 10.8. The lowest BCUT2D eigenvalue weighted by Gasteiger charge is -1.97. The normalized spacial score (nSPS) is 11.2. The number of rotatable bonds is 5. The largest absolute Gasteiger partial charge is 0.453 e. The van der Waals surface area contributed by atoms with E-state index in [0.29, 0.717) is 18.2 Å². The summed E-state index contributed by atoms with van der Waals surface area (Å²) in [5.41, 5.74) is 0.861.